The number of nitrogens with zero attached hydrogens (tertiary/aromatic N) is 3. The Morgan fingerprint density at radius 3 is 2.35 bits per heavy atom. The first-order valence-electron chi connectivity index (χ1n) is 6.23. The van der Waals surface area contributed by atoms with Crippen LogP contribution in [-0.4, -0.2) is 49.9 Å². The zero-order valence-corrected chi connectivity index (χ0v) is 11.4. The van der Waals surface area contributed by atoms with Gasteiger partial charge in [0, 0.05) is 13.6 Å². The standard InChI is InChI=1S/C13H23N3O/c1-11-8-13(9-11,10-14)12(17)16(4)7-5-6-15(2)3/h11H,5-9H2,1-4H3. The summed E-state index contributed by atoms with van der Waals surface area (Å²) in [4.78, 5) is 16.0. The Hall–Kier alpha value is -1.08. The van der Waals surface area contributed by atoms with Gasteiger partial charge in [0.25, 0.3) is 0 Å². The normalized spacial score (nSPS) is 27.4. The van der Waals surface area contributed by atoms with Crippen LogP contribution in [0.3, 0.4) is 0 Å². The van der Waals surface area contributed by atoms with Gasteiger partial charge in [-0.1, -0.05) is 6.92 Å². The highest BCUT2D eigenvalue weighted by Crippen LogP contribution is 2.46. The molecule has 0 aromatic carbocycles. The third-order valence-corrected chi connectivity index (χ3v) is 3.46. The summed E-state index contributed by atoms with van der Waals surface area (Å²) in [5.74, 6) is 0.519. The van der Waals surface area contributed by atoms with Gasteiger partial charge in [0.1, 0.15) is 5.41 Å². The Balaban J connectivity index is 2.44. The summed E-state index contributed by atoms with van der Waals surface area (Å²) >= 11 is 0. The fourth-order valence-corrected chi connectivity index (χ4v) is 2.53. The molecule has 0 radical (unpaired) electrons. The molecular formula is C13H23N3O. The lowest BCUT2D eigenvalue weighted by Crippen LogP contribution is -2.49. The molecule has 0 spiro atoms. The highest BCUT2D eigenvalue weighted by Gasteiger charge is 2.49. The first-order chi connectivity index (χ1) is 7.91. The minimum absolute atomic E-state index is 0.0110. The van der Waals surface area contributed by atoms with Gasteiger partial charge in [-0.25, -0.2) is 0 Å². The molecule has 1 aliphatic rings. The van der Waals surface area contributed by atoms with Crippen LogP contribution < -0.4 is 0 Å². The van der Waals surface area contributed by atoms with Gasteiger partial charge in [-0.15, -0.1) is 0 Å². The molecule has 4 nitrogen and oxygen atoms in total. The van der Waals surface area contributed by atoms with Crippen molar-refractivity contribution in [3.05, 3.63) is 0 Å². The summed E-state index contributed by atoms with van der Waals surface area (Å²) in [5, 5.41) is 9.18. The molecule has 0 atom stereocenters. The average Bonchev–Trinajstić information content (AvgIpc) is 2.22. The van der Waals surface area contributed by atoms with E-state index in [1.54, 1.807) is 11.9 Å². The molecule has 17 heavy (non-hydrogen) atoms. The molecule has 0 aromatic heterocycles. The lowest BCUT2D eigenvalue weighted by atomic mass is 9.63. The molecule has 0 bridgehead atoms. The SMILES string of the molecule is CC1CC(C#N)(C(=O)N(C)CCCN(C)C)C1. The average molecular weight is 237 g/mol. The van der Waals surface area contributed by atoms with Crippen molar-refractivity contribution < 1.29 is 4.79 Å². The lowest BCUT2D eigenvalue weighted by Gasteiger charge is -2.41. The summed E-state index contributed by atoms with van der Waals surface area (Å²) in [7, 11) is 5.85. The molecule has 0 unspecified atom stereocenters. The van der Waals surface area contributed by atoms with Crippen molar-refractivity contribution in [2.24, 2.45) is 11.3 Å². The van der Waals surface area contributed by atoms with Gasteiger partial charge < -0.3 is 9.80 Å². The second-order valence-corrected chi connectivity index (χ2v) is 5.59. The van der Waals surface area contributed by atoms with Crippen LogP contribution in [0.25, 0.3) is 0 Å². The Morgan fingerprint density at radius 2 is 1.94 bits per heavy atom. The van der Waals surface area contributed by atoms with E-state index < -0.39 is 5.41 Å². The predicted octanol–water partition coefficient (Wildman–Crippen LogP) is 1.34. The Kier molecular flexibility index (Phi) is 4.53. The monoisotopic (exact) mass is 237 g/mol. The van der Waals surface area contributed by atoms with E-state index in [1.807, 2.05) is 14.1 Å². The van der Waals surface area contributed by atoms with Crippen molar-refractivity contribution in [1.29, 1.82) is 5.26 Å². The van der Waals surface area contributed by atoms with E-state index in [-0.39, 0.29) is 5.91 Å². The second kappa shape index (κ2) is 5.50. The molecule has 0 heterocycles. The maximum absolute atomic E-state index is 12.2. The van der Waals surface area contributed by atoms with Gasteiger partial charge in [0.15, 0.2) is 0 Å². The van der Waals surface area contributed by atoms with Crippen LogP contribution in [0.2, 0.25) is 0 Å². The number of hydrogen-bond donors (Lipinski definition) is 0. The second-order valence-electron chi connectivity index (χ2n) is 5.59. The maximum atomic E-state index is 12.2. The molecule has 1 amide bonds. The smallest absolute Gasteiger partial charge is 0.242 e. The molecule has 1 saturated carbocycles. The number of carbonyl (C=O) groups excluding carboxylic acids is 1. The zero-order valence-electron chi connectivity index (χ0n) is 11.4. The van der Waals surface area contributed by atoms with Gasteiger partial charge >= 0.3 is 0 Å². The Labute approximate surface area is 104 Å². The maximum Gasteiger partial charge on any atom is 0.242 e. The molecule has 0 N–H and O–H groups in total. The summed E-state index contributed by atoms with van der Waals surface area (Å²) in [6.07, 6.45) is 2.40. The van der Waals surface area contributed by atoms with Crippen LogP contribution in [0.4, 0.5) is 0 Å². The quantitative estimate of drug-likeness (QED) is 0.725. The fraction of sp³-hybridized carbons (Fsp3) is 0.846. The van der Waals surface area contributed by atoms with Crippen molar-refractivity contribution in [1.82, 2.24) is 9.80 Å². The van der Waals surface area contributed by atoms with Gasteiger partial charge in [-0.05, 0) is 45.8 Å². The van der Waals surface area contributed by atoms with Crippen molar-refractivity contribution in [3.63, 3.8) is 0 Å². The summed E-state index contributed by atoms with van der Waals surface area (Å²) in [6, 6.07) is 2.22. The Morgan fingerprint density at radius 1 is 1.35 bits per heavy atom. The summed E-state index contributed by atoms with van der Waals surface area (Å²) < 4.78 is 0. The molecule has 1 fully saturated rings. The van der Waals surface area contributed by atoms with Crippen molar-refractivity contribution in [2.75, 3.05) is 34.2 Å². The highest BCUT2D eigenvalue weighted by atomic mass is 16.2. The van der Waals surface area contributed by atoms with Gasteiger partial charge in [-0.3, -0.25) is 4.79 Å². The third kappa shape index (κ3) is 3.19. The molecular weight excluding hydrogens is 214 g/mol. The molecule has 0 aliphatic heterocycles. The van der Waals surface area contributed by atoms with E-state index in [2.05, 4.69) is 17.9 Å². The number of nitriles is 1. The largest absolute Gasteiger partial charge is 0.344 e. The van der Waals surface area contributed by atoms with Gasteiger partial charge in [-0.2, -0.15) is 5.26 Å². The highest BCUT2D eigenvalue weighted by molar-refractivity contribution is 5.86. The van der Waals surface area contributed by atoms with Crippen molar-refractivity contribution in [3.8, 4) is 6.07 Å². The molecule has 4 heteroatoms. The number of rotatable bonds is 5. The van der Waals surface area contributed by atoms with E-state index in [9.17, 15) is 10.1 Å². The first kappa shape index (κ1) is 14.0. The van der Waals surface area contributed by atoms with Crippen LogP contribution >= 0.6 is 0 Å². The summed E-state index contributed by atoms with van der Waals surface area (Å²) in [5.41, 5.74) is -0.716. The third-order valence-electron chi connectivity index (χ3n) is 3.46. The molecule has 0 saturated heterocycles. The van der Waals surface area contributed by atoms with E-state index in [0.717, 1.165) is 32.4 Å². The predicted molar refractivity (Wildman–Crippen MR) is 67.3 cm³/mol. The van der Waals surface area contributed by atoms with Crippen molar-refractivity contribution in [2.45, 2.75) is 26.2 Å². The lowest BCUT2D eigenvalue weighted by molar-refractivity contribution is -0.143. The molecule has 96 valence electrons. The fourth-order valence-electron chi connectivity index (χ4n) is 2.53. The van der Waals surface area contributed by atoms with Crippen LogP contribution in [0, 0.1) is 22.7 Å². The number of carbonyl (C=O) groups is 1. The summed E-state index contributed by atoms with van der Waals surface area (Å²) in [6.45, 7) is 3.79. The van der Waals surface area contributed by atoms with Crippen LogP contribution in [0.1, 0.15) is 26.2 Å². The molecule has 1 aliphatic carbocycles. The minimum Gasteiger partial charge on any atom is -0.344 e. The van der Waals surface area contributed by atoms with E-state index in [0.29, 0.717) is 5.92 Å². The Bertz CT molecular complexity index is 313. The van der Waals surface area contributed by atoms with Crippen LogP contribution in [0.5, 0.6) is 0 Å². The minimum atomic E-state index is -0.716. The number of hydrogen-bond acceptors (Lipinski definition) is 3. The molecule has 1 rings (SSSR count). The zero-order chi connectivity index (χ0) is 13.1. The van der Waals surface area contributed by atoms with Crippen LogP contribution in [-0.2, 0) is 4.79 Å². The topological polar surface area (TPSA) is 47.3 Å². The first-order valence-corrected chi connectivity index (χ1v) is 6.23. The van der Waals surface area contributed by atoms with Gasteiger partial charge in [0.05, 0.1) is 6.07 Å². The number of amides is 1. The van der Waals surface area contributed by atoms with Crippen LogP contribution in [0.15, 0.2) is 0 Å². The van der Waals surface area contributed by atoms with E-state index in [1.165, 1.54) is 0 Å². The molecule has 0 aromatic rings. The van der Waals surface area contributed by atoms with Gasteiger partial charge in [0.2, 0.25) is 5.91 Å². The van der Waals surface area contributed by atoms with E-state index in [4.69, 9.17) is 0 Å². The van der Waals surface area contributed by atoms with E-state index >= 15 is 0 Å². The van der Waals surface area contributed by atoms with Crippen molar-refractivity contribution >= 4 is 5.91 Å².